The van der Waals surface area contributed by atoms with Crippen LogP contribution in [0.15, 0.2) is 46.9 Å². The number of hydrogen-bond acceptors (Lipinski definition) is 2. The fourth-order valence-corrected chi connectivity index (χ4v) is 2.38. The largest absolute Gasteiger partial charge is 0.478 e. The lowest BCUT2D eigenvalue weighted by molar-refractivity contribution is -0.111. The van der Waals surface area contributed by atoms with Crippen molar-refractivity contribution < 1.29 is 14.7 Å². The van der Waals surface area contributed by atoms with Crippen molar-refractivity contribution in [3.63, 3.8) is 0 Å². The fourth-order valence-electron chi connectivity index (χ4n) is 2.02. The molecule has 1 amide bonds. The molecular weight excluding hydrogens is 358 g/mol. The number of nitrogens with one attached hydrogen (secondary N) is 1. The lowest BCUT2D eigenvalue weighted by Gasteiger charge is -2.07. The molecule has 5 heteroatoms. The minimum atomic E-state index is -1.09. The highest BCUT2D eigenvalue weighted by Gasteiger charge is 2.11. The van der Waals surface area contributed by atoms with E-state index in [1.54, 1.807) is 18.2 Å². The van der Waals surface area contributed by atoms with Crippen molar-refractivity contribution in [1.82, 2.24) is 0 Å². The first-order chi connectivity index (χ1) is 10.9. The van der Waals surface area contributed by atoms with E-state index in [9.17, 15) is 9.59 Å². The second-order valence-corrected chi connectivity index (χ2v) is 6.08. The van der Waals surface area contributed by atoms with E-state index in [1.807, 2.05) is 32.0 Å². The Hall–Kier alpha value is -2.40. The van der Waals surface area contributed by atoms with Gasteiger partial charge in [0.05, 0.1) is 11.3 Å². The van der Waals surface area contributed by atoms with Gasteiger partial charge in [-0.1, -0.05) is 34.1 Å². The molecule has 0 heterocycles. The first kappa shape index (κ1) is 17.0. The van der Waals surface area contributed by atoms with Crippen molar-refractivity contribution >= 4 is 39.6 Å². The van der Waals surface area contributed by atoms with Crippen LogP contribution in [0.4, 0.5) is 5.69 Å². The van der Waals surface area contributed by atoms with Crippen molar-refractivity contribution in [3.05, 3.63) is 69.2 Å². The molecule has 0 saturated heterocycles. The third kappa shape index (κ3) is 4.53. The predicted molar refractivity (Wildman–Crippen MR) is 94.7 cm³/mol. The predicted octanol–water partition coefficient (Wildman–Crippen LogP) is 4.42. The summed E-state index contributed by atoms with van der Waals surface area (Å²) in [6.45, 7) is 4.03. The maximum absolute atomic E-state index is 12.0. The van der Waals surface area contributed by atoms with Crippen LogP contribution in [-0.2, 0) is 4.79 Å². The minimum Gasteiger partial charge on any atom is -0.478 e. The summed E-state index contributed by atoms with van der Waals surface area (Å²) < 4.78 is 0.691. The highest BCUT2D eigenvalue weighted by Crippen LogP contribution is 2.21. The molecule has 0 aliphatic heterocycles. The van der Waals surface area contributed by atoms with Gasteiger partial charge in [-0.05, 0) is 54.8 Å². The summed E-state index contributed by atoms with van der Waals surface area (Å²) >= 11 is 3.26. The highest BCUT2D eigenvalue weighted by atomic mass is 79.9. The van der Waals surface area contributed by atoms with Gasteiger partial charge in [0.1, 0.15) is 0 Å². The minimum absolute atomic E-state index is 0.0427. The molecular formula is C18H16BrNO3. The Morgan fingerprint density at radius 3 is 2.48 bits per heavy atom. The summed E-state index contributed by atoms with van der Waals surface area (Å²) in [5.74, 6) is -1.48. The summed E-state index contributed by atoms with van der Waals surface area (Å²) in [5, 5.41) is 11.7. The molecule has 0 aliphatic carbocycles. The van der Waals surface area contributed by atoms with Crippen molar-refractivity contribution in [2.75, 3.05) is 5.32 Å². The van der Waals surface area contributed by atoms with Crippen LogP contribution in [0, 0.1) is 13.8 Å². The van der Waals surface area contributed by atoms with Crippen molar-refractivity contribution in [1.29, 1.82) is 0 Å². The van der Waals surface area contributed by atoms with Crippen LogP contribution in [0.2, 0.25) is 0 Å². The number of hydrogen-bond donors (Lipinski definition) is 2. The maximum atomic E-state index is 12.0. The van der Waals surface area contributed by atoms with E-state index in [2.05, 4.69) is 21.2 Å². The first-order valence-electron chi connectivity index (χ1n) is 6.96. The molecule has 0 bridgehead atoms. The zero-order chi connectivity index (χ0) is 17.0. The van der Waals surface area contributed by atoms with Crippen LogP contribution < -0.4 is 5.32 Å². The van der Waals surface area contributed by atoms with Crippen LogP contribution in [0.3, 0.4) is 0 Å². The second-order valence-electron chi connectivity index (χ2n) is 5.16. The molecule has 0 aromatic heterocycles. The van der Waals surface area contributed by atoms with E-state index in [4.69, 9.17) is 5.11 Å². The fraction of sp³-hybridized carbons (Fsp3) is 0.111. The Labute approximate surface area is 143 Å². The van der Waals surface area contributed by atoms with Crippen LogP contribution in [0.1, 0.15) is 27.0 Å². The molecule has 2 aromatic rings. The third-order valence-corrected chi connectivity index (χ3v) is 3.92. The zero-order valence-corrected chi connectivity index (χ0v) is 14.3. The number of aromatic carboxylic acids is 1. The van der Waals surface area contributed by atoms with Gasteiger partial charge in [0, 0.05) is 10.5 Å². The number of carboxylic acids is 1. The van der Waals surface area contributed by atoms with Crippen LogP contribution in [0.25, 0.3) is 6.08 Å². The molecule has 2 aromatic carbocycles. The van der Waals surface area contributed by atoms with Gasteiger partial charge in [-0.15, -0.1) is 0 Å². The molecule has 0 atom stereocenters. The Morgan fingerprint density at radius 1 is 1.09 bits per heavy atom. The summed E-state index contributed by atoms with van der Waals surface area (Å²) in [6.07, 6.45) is 3.08. The van der Waals surface area contributed by atoms with Crippen LogP contribution in [0.5, 0.6) is 0 Å². The summed E-state index contributed by atoms with van der Waals surface area (Å²) in [6, 6.07) is 10.5. The summed E-state index contributed by atoms with van der Waals surface area (Å²) in [4.78, 5) is 23.2. The maximum Gasteiger partial charge on any atom is 0.337 e. The van der Waals surface area contributed by atoms with E-state index in [-0.39, 0.29) is 17.2 Å². The standard InChI is InChI=1S/C18H16BrNO3/c1-11-3-4-13(9-12(11)2)5-8-17(21)20-16-10-14(19)6-7-15(16)18(22)23/h3-10H,1-2H3,(H,20,21)(H,22,23)/b8-5+. The Bertz CT molecular complexity index is 797. The van der Waals surface area contributed by atoms with E-state index >= 15 is 0 Å². The molecule has 0 unspecified atom stereocenters. The van der Waals surface area contributed by atoms with Crippen LogP contribution in [-0.4, -0.2) is 17.0 Å². The average Bonchev–Trinajstić information content (AvgIpc) is 2.48. The molecule has 0 spiro atoms. The Balaban J connectivity index is 2.16. The number of amides is 1. The number of benzene rings is 2. The number of carbonyl (C=O) groups excluding carboxylic acids is 1. The van der Waals surface area contributed by atoms with Gasteiger partial charge >= 0.3 is 5.97 Å². The Kier molecular flexibility index (Phi) is 5.34. The average molecular weight is 374 g/mol. The molecule has 0 radical (unpaired) electrons. The number of halogens is 1. The lowest BCUT2D eigenvalue weighted by atomic mass is 10.1. The third-order valence-electron chi connectivity index (χ3n) is 3.43. The van der Waals surface area contributed by atoms with E-state index < -0.39 is 5.97 Å². The molecule has 118 valence electrons. The summed E-state index contributed by atoms with van der Waals surface area (Å²) in [5.41, 5.74) is 3.54. The molecule has 2 N–H and O–H groups in total. The van der Waals surface area contributed by atoms with E-state index in [1.165, 1.54) is 17.7 Å². The summed E-state index contributed by atoms with van der Waals surface area (Å²) in [7, 11) is 0. The number of anilines is 1. The normalized spacial score (nSPS) is 10.7. The van der Waals surface area contributed by atoms with E-state index in [0.717, 1.165) is 11.1 Å². The zero-order valence-electron chi connectivity index (χ0n) is 12.8. The van der Waals surface area contributed by atoms with Gasteiger partial charge in [-0.2, -0.15) is 0 Å². The molecule has 4 nitrogen and oxygen atoms in total. The topological polar surface area (TPSA) is 66.4 Å². The van der Waals surface area contributed by atoms with Gasteiger partial charge < -0.3 is 10.4 Å². The Morgan fingerprint density at radius 2 is 1.83 bits per heavy atom. The monoisotopic (exact) mass is 373 g/mol. The van der Waals surface area contributed by atoms with Gasteiger partial charge in [0.2, 0.25) is 5.91 Å². The van der Waals surface area contributed by atoms with Crippen LogP contribution >= 0.6 is 15.9 Å². The van der Waals surface area contributed by atoms with Gasteiger partial charge in [0.25, 0.3) is 0 Å². The SMILES string of the molecule is Cc1ccc(/C=C/C(=O)Nc2cc(Br)ccc2C(=O)O)cc1C. The van der Waals surface area contributed by atoms with Gasteiger partial charge in [0.15, 0.2) is 0 Å². The molecule has 2 rings (SSSR count). The lowest BCUT2D eigenvalue weighted by Crippen LogP contribution is -2.12. The molecule has 0 fully saturated rings. The number of carbonyl (C=O) groups is 2. The highest BCUT2D eigenvalue weighted by molar-refractivity contribution is 9.10. The molecule has 23 heavy (non-hydrogen) atoms. The van der Waals surface area contributed by atoms with Crippen molar-refractivity contribution in [3.8, 4) is 0 Å². The number of carboxylic acid groups (broad SMARTS) is 1. The molecule has 0 saturated carbocycles. The second kappa shape index (κ2) is 7.24. The quantitative estimate of drug-likeness (QED) is 0.779. The first-order valence-corrected chi connectivity index (χ1v) is 7.75. The van der Waals surface area contributed by atoms with Gasteiger partial charge in [-0.3, -0.25) is 4.79 Å². The number of rotatable bonds is 4. The molecule has 0 aliphatic rings. The smallest absolute Gasteiger partial charge is 0.337 e. The van der Waals surface area contributed by atoms with Gasteiger partial charge in [-0.25, -0.2) is 4.79 Å². The van der Waals surface area contributed by atoms with Crippen molar-refractivity contribution in [2.45, 2.75) is 13.8 Å². The van der Waals surface area contributed by atoms with E-state index in [0.29, 0.717) is 4.47 Å². The van der Waals surface area contributed by atoms with Crippen molar-refractivity contribution in [2.24, 2.45) is 0 Å². The number of aryl methyl sites for hydroxylation is 2.